The molecule has 0 spiro atoms. The average molecular weight is 298 g/mol. The van der Waals surface area contributed by atoms with E-state index in [2.05, 4.69) is 37.2 Å². The number of carbonyl (C=O) groups excluding carboxylic acids is 1. The Hall–Kier alpha value is -0.220. The van der Waals surface area contributed by atoms with E-state index in [-0.39, 0.29) is 12.2 Å². The zero-order valence-electron chi connectivity index (χ0n) is 13.4. The Bertz CT molecular complexity index is 339. The normalized spacial score (nSPS) is 29.6. The maximum absolute atomic E-state index is 12.7. The lowest BCUT2D eigenvalue weighted by Crippen LogP contribution is -2.45. The minimum absolute atomic E-state index is 0.0202. The molecule has 1 saturated heterocycles. The van der Waals surface area contributed by atoms with Gasteiger partial charge in [-0.1, -0.05) is 40.0 Å². The van der Waals surface area contributed by atoms with E-state index in [0.29, 0.717) is 16.6 Å². The summed E-state index contributed by atoms with van der Waals surface area (Å²) >= 11 is 1.98. The van der Waals surface area contributed by atoms with E-state index in [9.17, 15) is 4.79 Å². The van der Waals surface area contributed by atoms with Gasteiger partial charge in [-0.25, -0.2) is 0 Å². The molecule has 2 unspecified atom stereocenters. The van der Waals surface area contributed by atoms with Gasteiger partial charge >= 0.3 is 0 Å². The summed E-state index contributed by atoms with van der Waals surface area (Å²) in [5, 5.41) is 3.57. The molecule has 0 radical (unpaired) electrons. The number of carbonyl (C=O) groups is 1. The smallest absolute Gasteiger partial charge is 0.241 e. The number of thioether (sulfide) groups is 1. The second kappa shape index (κ2) is 6.69. The van der Waals surface area contributed by atoms with Gasteiger partial charge in [-0.15, -0.1) is 0 Å². The molecule has 116 valence electrons. The SMILES string of the molecule is CCCC1NC(C(C)C)C(=O)N1CC1(SC)CCCC1. The molecule has 1 aliphatic carbocycles. The monoisotopic (exact) mass is 298 g/mol. The zero-order valence-corrected chi connectivity index (χ0v) is 14.3. The molecule has 1 amide bonds. The van der Waals surface area contributed by atoms with E-state index in [1.165, 1.54) is 25.7 Å². The van der Waals surface area contributed by atoms with Gasteiger partial charge in [0, 0.05) is 11.3 Å². The Balaban J connectivity index is 2.11. The fourth-order valence-electron chi connectivity index (χ4n) is 3.64. The van der Waals surface area contributed by atoms with Crippen LogP contribution in [0.3, 0.4) is 0 Å². The van der Waals surface area contributed by atoms with Gasteiger partial charge in [0.1, 0.15) is 0 Å². The maximum atomic E-state index is 12.7. The first-order valence-electron chi connectivity index (χ1n) is 8.14. The third-order valence-electron chi connectivity index (χ3n) is 4.93. The number of rotatable bonds is 6. The van der Waals surface area contributed by atoms with Gasteiger partial charge in [-0.3, -0.25) is 10.1 Å². The van der Waals surface area contributed by atoms with Gasteiger partial charge in [0.25, 0.3) is 0 Å². The van der Waals surface area contributed by atoms with Crippen molar-refractivity contribution < 1.29 is 4.79 Å². The summed E-state index contributed by atoms with van der Waals surface area (Å²) in [5.41, 5.74) is 0. The minimum Gasteiger partial charge on any atom is -0.324 e. The molecule has 1 aliphatic heterocycles. The van der Waals surface area contributed by atoms with Gasteiger partial charge in [0.15, 0.2) is 0 Å². The van der Waals surface area contributed by atoms with Crippen molar-refractivity contribution in [1.82, 2.24) is 10.2 Å². The second-order valence-electron chi connectivity index (χ2n) is 6.75. The molecule has 0 aromatic rings. The van der Waals surface area contributed by atoms with Crippen molar-refractivity contribution >= 4 is 17.7 Å². The molecular weight excluding hydrogens is 268 g/mol. The highest BCUT2D eigenvalue weighted by Gasteiger charge is 2.44. The van der Waals surface area contributed by atoms with Crippen LogP contribution in [0.25, 0.3) is 0 Å². The highest BCUT2D eigenvalue weighted by molar-refractivity contribution is 8.00. The Morgan fingerprint density at radius 1 is 1.40 bits per heavy atom. The summed E-state index contributed by atoms with van der Waals surface area (Å²) < 4.78 is 0.315. The second-order valence-corrected chi connectivity index (χ2v) is 8.03. The molecule has 2 atom stereocenters. The molecule has 2 rings (SSSR count). The fraction of sp³-hybridized carbons (Fsp3) is 0.938. The lowest BCUT2D eigenvalue weighted by Gasteiger charge is -2.35. The number of amides is 1. The topological polar surface area (TPSA) is 32.3 Å². The maximum Gasteiger partial charge on any atom is 0.241 e. The van der Waals surface area contributed by atoms with E-state index in [0.717, 1.165) is 19.4 Å². The van der Waals surface area contributed by atoms with Crippen LogP contribution in [-0.2, 0) is 4.79 Å². The van der Waals surface area contributed by atoms with Crippen molar-refractivity contribution in [2.24, 2.45) is 5.92 Å². The van der Waals surface area contributed by atoms with Gasteiger partial charge in [-0.2, -0.15) is 11.8 Å². The predicted octanol–water partition coefficient (Wildman–Crippen LogP) is 3.24. The largest absolute Gasteiger partial charge is 0.324 e. The van der Waals surface area contributed by atoms with Crippen LogP contribution >= 0.6 is 11.8 Å². The van der Waals surface area contributed by atoms with Gasteiger partial charge in [0.2, 0.25) is 5.91 Å². The number of nitrogens with zero attached hydrogens (tertiary/aromatic N) is 1. The molecule has 0 aromatic heterocycles. The summed E-state index contributed by atoms with van der Waals surface area (Å²) in [7, 11) is 0. The summed E-state index contributed by atoms with van der Waals surface area (Å²) in [4.78, 5) is 14.9. The van der Waals surface area contributed by atoms with Crippen LogP contribution in [-0.4, -0.2) is 40.6 Å². The quantitative estimate of drug-likeness (QED) is 0.817. The van der Waals surface area contributed by atoms with E-state index < -0.39 is 0 Å². The van der Waals surface area contributed by atoms with Crippen LogP contribution in [0.2, 0.25) is 0 Å². The molecular formula is C16H30N2OS. The summed E-state index contributed by atoms with van der Waals surface area (Å²) in [6.07, 6.45) is 9.84. The Morgan fingerprint density at radius 3 is 2.55 bits per heavy atom. The Kier molecular flexibility index (Phi) is 5.41. The van der Waals surface area contributed by atoms with Crippen molar-refractivity contribution in [1.29, 1.82) is 0 Å². The third-order valence-corrected chi connectivity index (χ3v) is 6.34. The van der Waals surface area contributed by atoms with Crippen LogP contribution < -0.4 is 5.32 Å². The van der Waals surface area contributed by atoms with Crippen LogP contribution in [0.15, 0.2) is 0 Å². The lowest BCUT2D eigenvalue weighted by atomic mass is 10.0. The first kappa shape index (κ1) is 16.2. The van der Waals surface area contributed by atoms with Crippen LogP contribution in [0.5, 0.6) is 0 Å². The molecule has 1 saturated carbocycles. The van der Waals surface area contributed by atoms with Gasteiger partial charge < -0.3 is 4.90 Å². The van der Waals surface area contributed by atoms with Crippen LogP contribution in [0, 0.1) is 5.92 Å². The van der Waals surface area contributed by atoms with Crippen molar-refractivity contribution in [3.05, 3.63) is 0 Å². The van der Waals surface area contributed by atoms with Crippen molar-refractivity contribution in [2.45, 2.75) is 76.3 Å². The molecule has 0 aromatic carbocycles. The molecule has 2 aliphatic rings. The van der Waals surface area contributed by atoms with Crippen molar-refractivity contribution in [3.8, 4) is 0 Å². The average Bonchev–Trinajstić information content (AvgIpc) is 2.99. The molecule has 20 heavy (non-hydrogen) atoms. The highest BCUT2D eigenvalue weighted by atomic mass is 32.2. The highest BCUT2D eigenvalue weighted by Crippen LogP contribution is 2.41. The van der Waals surface area contributed by atoms with Crippen LogP contribution in [0.4, 0.5) is 0 Å². The van der Waals surface area contributed by atoms with E-state index in [1.54, 1.807) is 0 Å². The summed E-state index contributed by atoms with van der Waals surface area (Å²) in [6, 6.07) is 0.0202. The number of nitrogens with one attached hydrogen (secondary N) is 1. The first-order valence-corrected chi connectivity index (χ1v) is 9.37. The molecule has 2 fully saturated rings. The van der Waals surface area contributed by atoms with Crippen LogP contribution in [0.1, 0.15) is 59.3 Å². The Labute approximate surface area is 128 Å². The predicted molar refractivity (Wildman–Crippen MR) is 86.9 cm³/mol. The van der Waals surface area contributed by atoms with Gasteiger partial charge in [0.05, 0.1) is 12.2 Å². The molecule has 1 N–H and O–H groups in total. The van der Waals surface area contributed by atoms with E-state index in [4.69, 9.17) is 0 Å². The zero-order chi connectivity index (χ0) is 14.8. The van der Waals surface area contributed by atoms with Crippen molar-refractivity contribution in [3.63, 3.8) is 0 Å². The van der Waals surface area contributed by atoms with E-state index >= 15 is 0 Å². The van der Waals surface area contributed by atoms with E-state index in [1.807, 2.05) is 11.8 Å². The molecule has 0 bridgehead atoms. The first-order chi connectivity index (χ1) is 9.53. The third kappa shape index (κ3) is 3.16. The van der Waals surface area contributed by atoms with Gasteiger partial charge in [-0.05, 0) is 31.4 Å². The number of hydrogen-bond donors (Lipinski definition) is 1. The summed E-state index contributed by atoms with van der Waals surface area (Å²) in [6.45, 7) is 7.42. The summed E-state index contributed by atoms with van der Waals surface area (Å²) in [5.74, 6) is 0.708. The molecule has 1 heterocycles. The minimum atomic E-state index is 0.0202. The standard InChI is InChI=1S/C16H30N2OS/c1-5-8-13-17-14(12(2)3)15(19)18(13)11-16(20-4)9-6-7-10-16/h12-14,17H,5-11H2,1-4H3. The number of hydrogen-bond acceptors (Lipinski definition) is 3. The molecule has 3 nitrogen and oxygen atoms in total. The molecule has 4 heteroatoms. The lowest BCUT2D eigenvalue weighted by molar-refractivity contribution is -0.131. The Morgan fingerprint density at radius 2 is 2.05 bits per heavy atom. The fourth-order valence-corrected chi connectivity index (χ4v) is 4.60. The van der Waals surface area contributed by atoms with Crippen molar-refractivity contribution in [2.75, 3.05) is 12.8 Å².